The van der Waals surface area contributed by atoms with E-state index in [1.165, 1.54) is 83.7 Å². The first kappa shape index (κ1) is 17.4. The molecule has 1 aliphatic rings. The van der Waals surface area contributed by atoms with Crippen LogP contribution in [0.4, 0.5) is 0 Å². The summed E-state index contributed by atoms with van der Waals surface area (Å²) in [6.45, 7) is 8.16. The third-order valence-corrected chi connectivity index (χ3v) is 4.20. The molecule has 0 saturated carbocycles. The van der Waals surface area contributed by atoms with Gasteiger partial charge in [-0.3, -0.25) is 0 Å². The van der Waals surface area contributed by atoms with Gasteiger partial charge in [-0.05, 0) is 12.8 Å². The Bertz CT molecular complexity index is 238. The largest absolute Gasteiger partial charge is 0.359 e. The molecule has 0 aromatic heterocycles. The number of hydrogen-bond donors (Lipinski definition) is 0. The first-order valence-electron chi connectivity index (χ1n) is 9.03. The molecule has 1 heterocycles. The molecule has 0 bridgehead atoms. The van der Waals surface area contributed by atoms with Crippen molar-refractivity contribution in [2.45, 2.75) is 84.5 Å². The van der Waals surface area contributed by atoms with Crippen LogP contribution in [0.2, 0.25) is 0 Å². The molecule has 118 valence electrons. The minimum atomic E-state index is 1.13. The second-order valence-electron chi connectivity index (χ2n) is 6.25. The van der Waals surface area contributed by atoms with Crippen molar-refractivity contribution in [2.24, 2.45) is 0 Å². The van der Waals surface area contributed by atoms with E-state index in [1.807, 2.05) is 0 Å². The van der Waals surface area contributed by atoms with Crippen molar-refractivity contribution in [2.75, 3.05) is 19.8 Å². The van der Waals surface area contributed by atoms with Gasteiger partial charge in [0.05, 0.1) is 6.67 Å². The molecule has 0 N–H and O–H groups in total. The van der Waals surface area contributed by atoms with Crippen molar-refractivity contribution < 1.29 is 0 Å². The first-order chi connectivity index (χ1) is 9.86. The predicted octanol–water partition coefficient (Wildman–Crippen LogP) is 5.36. The van der Waals surface area contributed by atoms with Crippen molar-refractivity contribution in [1.29, 1.82) is 0 Å². The van der Waals surface area contributed by atoms with Crippen molar-refractivity contribution >= 4 is 0 Å². The number of rotatable bonds is 13. The summed E-state index contributed by atoms with van der Waals surface area (Å²) < 4.78 is 0. The summed E-state index contributed by atoms with van der Waals surface area (Å²) in [5.41, 5.74) is 0. The molecule has 2 heteroatoms. The van der Waals surface area contributed by atoms with E-state index < -0.39 is 0 Å². The molecule has 0 saturated heterocycles. The van der Waals surface area contributed by atoms with Gasteiger partial charge in [0, 0.05) is 25.5 Å². The minimum absolute atomic E-state index is 1.13. The van der Waals surface area contributed by atoms with Crippen LogP contribution in [0.15, 0.2) is 12.4 Å². The second-order valence-corrected chi connectivity index (χ2v) is 6.25. The molecule has 0 aromatic carbocycles. The maximum atomic E-state index is 2.48. The fourth-order valence-electron chi connectivity index (χ4n) is 2.82. The van der Waals surface area contributed by atoms with Crippen LogP contribution < -0.4 is 0 Å². The highest BCUT2D eigenvalue weighted by Gasteiger charge is 2.10. The molecule has 0 aromatic rings. The van der Waals surface area contributed by atoms with Crippen molar-refractivity contribution in [3.05, 3.63) is 12.4 Å². The average Bonchev–Trinajstić information content (AvgIpc) is 2.90. The van der Waals surface area contributed by atoms with Crippen LogP contribution in [-0.4, -0.2) is 29.6 Å². The fourth-order valence-corrected chi connectivity index (χ4v) is 2.82. The normalized spacial score (nSPS) is 14.5. The zero-order chi connectivity index (χ0) is 14.5. The summed E-state index contributed by atoms with van der Waals surface area (Å²) in [6, 6.07) is 0. The van der Waals surface area contributed by atoms with E-state index in [2.05, 4.69) is 36.0 Å². The molecule has 1 rings (SSSR count). The van der Waals surface area contributed by atoms with E-state index >= 15 is 0 Å². The number of nitrogens with zero attached hydrogens (tertiary/aromatic N) is 2. The molecule has 0 radical (unpaired) electrons. The fraction of sp³-hybridized carbons (Fsp3) is 0.889. The number of unbranched alkanes of at least 4 members (excludes halogenated alkanes) is 9. The second kappa shape index (κ2) is 12.1. The van der Waals surface area contributed by atoms with Gasteiger partial charge in [0.25, 0.3) is 0 Å². The van der Waals surface area contributed by atoms with Crippen LogP contribution in [-0.2, 0) is 0 Å². The smallest absolute Gasteiger partial charge is 0.0893 e. The van der Waals surface area contributed by atoms with Crippen LogP contribution in [0.1, 0.15) is 84.5 Å². The molecule has 1 aliphatic heterocycles. The monoisotopic (exact) mass is 280 g/mol. The van der Waals surface area contributed by atoms with Gasteiger partial charge in [-0.1, -0.05) is 71.6 Å². The van der Waals surface area contributed by atoms with Gasteiger partial charge in [-0.15, -0.1) is 0 Å². The van der Waals surface area contributed by atoms with Crippen LogP contribution in [0.25, 0.3) is 0 Å². The van der Waals surface area contributed by atoms with E-state index in [9.17, 15) is 0 Å². The van der Waals surface area contributed by atoms with E-state index in [4.69, 9.17) is 0 Å². The highest BCUT2D eigenvalue weighted by molar-refractivity contribution is 4.90. The van der Waals surface area contributed by atoms with Crippen molar-refractivity contribution in [1.82, 2.24) is 9.80 Å². The number of hydrogen-bond acceptors (Lipinski definition) is 2. The van der Waals surface area contributed by atoms with E-state index in [0.29, 0.717) is 0 Å². The Balaban J connectivity index is 1.87. The Kier molecular flexibility index (Phi) is 10.5. The van der Waals surface area contributed by atoms with E-state index in [-0.39, 0.29) is 0 Å². The summed E-state index contributed by atoms with van der Waals surface area (Å²) in [5, 5.41) is 0. The van der Waals surface area contributed by atoms with Gasteiger partial charge in [-0.2, -0.15) is 0 Å². The molecule has 0 aliphatic carbocycles. The lowest BCUT2D eigenvalue weighted by Crippen LogP contribution is -2.26. The lowest BCUT2D eigenvalue weighted by atomic mass is 10.1. The predicted molar refractivity (Wildman–Crippen MR) is 89.6 cm³/mol. The minimum Gasteiger partial charge on any atom is -0.359 e. The Morgan fingerprint density at radius 3 is 1.55 bits per heavy atom. The molecule has 2 nitrogen and oxygen atoms in total. The Morgan fingerprint density at radius 2 is 1.00 bits per heavy atom. The van der Waals surface area contributed by atoms with Gasteiger partial charge in [-0.25, -0.2) is 0 Å². The molecular formula is C18H36N2. The zero-order valence-electron chi connectivity index (χ0n) is 13.9. The summed E-state index contributed by atoms with van der Waals surface area (Å²) in [5.74, 6) is 0. The molecular weight excluding hydrogens is 244 g/mol. The molecule has 20 heavy (non-hydrogen) atoms. The van der Waals surface area contributed by atoms with Crippen LogP contribution in [0, 0.1) is 0 Å². The van der Waals surface area contributed by atoms with Gasteiger partial charge in [0.15, 0.2) is 0 Å². The highest BCUT2D eigenvalue weighted by atomic mass is 15.3. The third-order valence-electron chi connectivity index (χ3n) is 4.20. The maximum absolute atomic E-state index is 2.48. The maximum Gasteiger partial charge on any atom is 0.0893 e. The van der Waals surface area contributed by atoms with Crippen molar-refractivity contribution in [3.63, 3.8) is 0 Å². The molecule has 0 unspecified atom stereocenters. The summed E-state index contributed by atoms with van der Waals surface area (Å²) in [4.78, 5) is 4.93. The SMILES string of the molecule is CCCCCCCCCCN1C=CN(CCCCC)C1. The Labute approximate surface area is 127 Å². The molecule has 0 fully saturated rings. The lowest BCUT2D eigenvalue weighted by Gasteiger charge is -2.21. The lowest BCUT2D eigenvalue weighted by molar-refractivity contribution is 0.257. The quantitative estimate of drug-likeness (QED) is 0.419. The van der Waals surface area contributed by atoms with Crippen molar-refractivity contribution in [3.8, 4) is 0 Å². The molecule has 0 amide bonds. The van der Waals surface area contributed by atoms with Gasteiger partial charge >= 0.3 is 0 Å². The third kappa shape index (κ3) is 8.50. The van der Waals surface area contributed by atoms with E-state index in [0.717, 1.165) is 6.67 Å². The van der Waals surface area contributed by atoms with Crippen LogP contribution in [0.3, 0.4) is 0 Å². The summed E-state index contributed by atoms with van der Waals surface area (Å²) in [7, 11) is 0. The first-order valence-corrected chi connectivity index (χ1v) is 9.03. The van der Waals surface area contributed by atoms with Gasteiger partial charge < -0.3 is 9.80 Å². The molecule has 0 atom stereocenters. The van der Waals surface area contributed by atoms with Gasteiger partial charge in [0.1, 0.15) is 0 Å². The standard InChI is InChI=1S/C18H36N2/c1-3-5-7-8-9-10-11-13-15-20-17-16-19(18-20)14-12-6-4-2/h16-17H,3-15,18H2,1-2H3. The average molecular weight is 280 g/mol. The zero-order valence-corrected chi connectivity index (χ0v) is 13.9. The Morgan fingerprint density at radius 1 is 0.600 bits per heavy atom. The Hall–Kier alpha value is -0.660. The van der Waals surface area contributed by atoms with Gasteiger partial charge in [0.2, 0.25) is 0 Å². The summed E-state index contributed by atoms with van der Waals surface area (Å²) in [6.07, 6.45) is 19.9. The highest BCUT2D eigenvalue weighted by Crippen LogP contribution is 2.12. The van der Waals surface area contributed by atoms with Crippen LogP contribution >= 0.6 is 0 Å². The topological polar surface area (TPSA) is 6.48 Å². The van der Waals surface area contributed by atoms with E-state index in [1.54, 1.807) is 0 Å². The van der Waals surface area contributed by atoms with Crippen LogP contribution in [0.5, 0.6) is 0 Å². The molecule has 0 spiro atoms. The summed E-state index contributed by atoms with van der Waals surface area (Å²) >= 11 is 0.